The fraction of sp³-hybridized carbons (Fsp3) is 0.0833. The molecule has 0 saturated carbocycles. The highest BCUT2D eigenvalue weighted by molar-refractivity contribution is 6.15. The second-order valence-corrected chi connectivity index (χ2v) is 13.6. The Morgan fingerprint density at radius 2 is 1.12 bits per heavy atom. The summed E-state index contributed by atoms with van der Waals surface area (Å²) in [7, 11) is 0. The van der Waals surface area contributed by atoms with Gasteiger partial charge in [0, 0.05) is 55.9 Å². The Morgan fingerprint density at radius 3 is 1.88 bits per heavy atom. The molecule has 0 aliphatic heterocycles. The summed E-state index contributed by atoms with van der Waals surface area (Å²) in [6.45, 7) is 0. The van der Waals surface area contributed by atoms with Gasteiger partial charge in [0.2, 0.25) is 0 Å². The zero-order valence-corrected chi connectivity index (χ0v) is 28.4. The number of aromatic nitrogens is 2. The Bertz CT molecular complexity index is 2650. The molecule has 0 fully saturated rings. The zero-order chi connectivity index (χ0) is 33.7. The van der Waals surface area contributed by atoms with Crippen LogP contribution in [0.2, 0.25) is 0 Å². The van der Waals surface area contributed by atoms with Crippen molar-refractivity contribution in [2.45, 2.75) is 25.7 Å². The summed E-state index contributed by atoms with van der Waals surface area (Å²) < 4.78 is 5.03. The summed E-state index contributed by atoms with van der Waals surface area (Å²) in [5, 5.41) is 3.95. The van der Waals surface area contributed by atoms with Crippen LogP contribution in [0.5, 0.6) is 0 Å². The van der Waals surface area contributed by atoms with E-state index < -0.39 is 0 Å². The van der Waals surface area contributed by atoms with Gasteiger partial charge in [-0.1, -0.05) is 103 Å². The number of fused-ring (bicyclic) bond motifs is 6. The van der Waals surface area contributed by atoms with Crippen LogP contribution in [0.15, 0.2) is 170 Å². The highest BCUT2D eigenvalue weighted by Gasteiger charge is 2.23. The van der Waals surface area contributed by atoms with Gasteiger partial charge < -0.3 is 14.0 Å². The van der Waals surface area contributed by atoms with Crippen LogP contribution in [-0.4, -0.2) is 9.13 Å². The molecule has 0 radical (unpaired) electrons. The minimum atomic E-state index is 1.02. The van der Waals surface area contributed by atoms with Crippen LogP contribution in [0.25, 0.3) is 61.3 Å². The summed E-state index contributed by atoms with van der Waals surface area (Å²) >= 11 is 0. The van der Waals surface area contributed by atoms with Crippen LogP contribution in [0.1, 0.15) is 30.5 Å². The second kappa shape index (κ2) is 12.2. The molecule has 0 spiro atoms. The molecule has 10 rings (SSSR count). The number of hydrogen-bond donors (Lipinski definition) is 0. The topological polar surface area (TPSA) is 13.1 Å². The summed E-state index contributed by atoms with van der Waals surface area (Å²) in [5.41, 5.74) is 14.9. The van der Waals surface area contributed by atoms with Crippen molar-refractivity contribution in [3.05, 3.63) is 181 Å². The predicted molar refractivity (Wildman–Crippen MR) is 216 cm³/mol. The molecule has 51 heavy (non-hydrogen) atoms. The molecule has 6 aromatic carbocycles. The van der Waals surface area contributed by atoms with Gasteiger partial charge >= 0.3 is 0 Å². The average Bonchev–Trinajstić information content (AvgIpc) is 3.71. The maximum absolute atomic E-state index is 2.52. The van der Waals surface area contributed by atoms with Crippen molar-refractivity contribution in [1.82, 2.24) is 9.13 Å². The normalized spacial score (nSPS) is 13.9. The van der Waals surface area contributed by atoms with E-state index in [1.165, 1.54) is 66.5 Å². The Morgan fingerprint density at radius 1 is 0.471 bits per heavy atom. The number of rotatable bonds is 6. The number of benzene rings is 6. The second-order valence-electron chi connectivity index (χ2n) is 13.6. The Hall–Kier alpha value is -6.32. The summed E-state index contributed by atoms with van der Waals surface area (Å²) in [6, 6.07) is 53.1. The van der Waals surface area contributed by atoms with Crippen LogP contribution < -0.4 is 4.90 Å². The maximum Gasteiger partial charge on any atom is 0.0559 e. The molecule has 2 aliphatic rings. The van der Waals surface area contributed by atoms with Crippen LogP contribution in [-0.2, 0) is 6.42 Å². The molecule has 2 heterocycles. The SMILES string of the molecule is C1=CCCC(n2c3ccccc3c3cc4c5c(n(-c6ccc(N(c7ccccc7)c7ccc(-c8ccccc8)cc7)cc6)c4cc32)CCC=C5)=C1. The summed E-state index contributed by atoms with van der Waals surface area (Å²) in [4.78, 5) is 2.35. The summed E-state index contributed by atoms with van der Waals surface area (Å²) in [6.07, 6.45) is 15.6. The van der Waals surface area contributed by atoms with Gasteiger partial charge in [0.25, 0.3) is 0 Å². The minimum Gasteiger partial charge on any atom is -0.313 e. The lowest BCUT2D eigenvalue weighted by atomic mass is 10.0. The Labute approximate surface area is 298 Å². The number of allylic oxidation sites excluding steroid dienone is 5. The number of para-hydroxylation sites is 2. The molecule has 0 unspecified atom stereocenters. The van der Waals surface area contributed by atoms with Gasteiger partial charge in [-0.25, -0.2) is 0 Å². The minimum absolute atomic E-state index is 1.02. The van der Waals surface area contributed by atoms with E-state index in [1.54, 1.807) is 0 Å². The first-order valence-corrected chi connectivity index (χ1v) is 18.1. The summed E-state index contributed by atoms with van der Waals surface area (Å²) in [5.74, 6) is 0. The van der Waals surface area contributed by atoms with Crippen molar-refractivity contribution in [3.63, 3.8) is 0 Å². The monoisotopic (exact) mass is 655 g/mol. The van der Waals surface area contributed by atoms with Gasteiger partial charge in [-0.2, -0.15) is 0 Å². The maximum atomic E-state index is 2.52. The van der Waals surface area contributed by atoms with E-state index in [1.807, 2.05) is 0 Å². The number of nitrogens with zero attached hydrogens (tertiary/aromatic N) is 3. The van der Waals surface area contributed by atoms with Gasteiger partial charge in [0.05, 0.1) is 16.6 Å². The zero-order valence-electron chi connectivity index (χ0n) is 28.4. The molecular weight excluding hydrogens is 619 g/mol. The van der Waals surface area contributed by atoms with Gasteiger partial charge in [-0.3, -0.25) is 0 Å². The lowest BCUT2D eigenvalue weighted by molar-refractivity contribution is 0.888. The fourth-order valence-electron chi connectivity index (χ4n) is 8.27. The van der Waals surface area contributed by atoms with Gasteiger partial charge in [-0.05, 0) is 110 Å². The molecule has 0 bridgehead atoms. The van der Waals surface area contributed by atoms with Crippen molar-refractivity contribution in [1.29, 1.82) is 0 Å². The van der Waals surface area contributed by atoms with Gasteiger partial charge in [-0.15, -0.1) is 0 Å². The molecule has 3 nitrogen and oxygen atoms in total. The standard InChI is InChI=1S/C48H37N3/c1-4-14-34(15-5-1)35-24-26-38(27-25-35)49(36-16-6-2-7-17-36)39-28-30-40(31-29-39)51-46-23-13-11-21-42(46)44-32-43-41-20-10-12-22-45(41)50(47(43)33-48(44)51)37-18-8-3-9-19-37/h1-8,10-12,14-18,20-22,24-33H,9,13,19,23H2. The van der Waals surface area contributed by atoms with E-state index >= 15 is 0 Å². The Kier molecular flexibility index (Phi) is 7.09. The lowest BCUT2D eigenvalue weighted by Crippen LogP contribution is -2.10. The van der Waals surface area contributed by atoms with E-state index in [4.69, 9.17) is 0 Å². The third-order valence-electron chi connectivity index (χ3n) is 10.6. The highest BCUT2D eigenvalue weighted by Crippen LogP contribution is 2.42. The molecule has 244 valence electrons. The molecule has 0 N–H and O–H groups in total. The van der Waals surface area contributed by atoms with Crippen molar-refractivity contribution < 1.29 is 0 Å². The first-order chi connectivity index (χ1) is 25.3. The number of anilines is 3. The molecule has 0 atom stereocenters. The van der Waals surface area contributed by atoms with Crippen molar-refractivity contribution in [2.24, 2.45) is 0 Å². The predicted octanol–water partition coefficient (Wildman–Crippen LogP) is 13.0. The molecule has 0 amide bonds. The quantitative estimate of drug-likeness (QED) is 0.174. The van der Waals surface area contributed by atoms with Crippen LogP contribution in [0.4, 0.5) is 17.1 Å². The van der Waals surface area contributed by atoms with E-state index in [0.717, 1.165) is 42.7 Å². The molecule has 3 heteroatoms. The van der Waals surface area contributed by atoms with E-state index in [-0.39, 0.29) is 0 Å². The third kappa shape index (κ3) is 4.96. The van der Waals surface area contributed by atoms with Crippen molar-refractivity contribution >= 4 is 61.5 Å². The van der Waals surface area contributed by atoms with Crippen molar-refractivity contribution in [2.75, 3.05) is 4.90 Å². The third-order valence-corrected chi connectivity index (χ3v) is 10.6. The van der Waals surface area contributed by atoms with E-state index in [0.29, 0.717) is 0 Å². The number of hydrogen-bond acceptors (Lipinski definition) is 1. The van der Waals surface area contributed by atoms with Crippen LogP contribution in [0, 0.1) is 0 Å². The van der Waals surface area contributed by atoms with E-state index in [9.17, 15) is 0 Å². The lowest BCUT2D eigenvalue weighted by Gasteiger charge is -2.26. The first-order valence-electron chi connectivity index (χ1n) is 18.1. The van der Waals surface area contributed by atoms with Gasteiger partial charge in [0.1, 0.15) is 0 Å². The highest BCUT2D eigenvalue weighted by atomic mass is 15.1. The largest absolute Gasteiger partial charge is 0.313 e. The fourth-order valence-corrected chi connectivity index (χ4v) is 8.27. The van der Waals surface area contributed by atoms with Crippen LogP contribution >= 0.6 is 0 Å². The average molecular weight is 656 g/mol. The first kappa shape index (κ1) is 29.6. The Balaban J connectivity index is 1.12. The molecular formula is C48H37N3. The van der Waals surface area contributed by atoms with Crippen LogP contribution in [0.3, 0.4) is 0 Å². The molecule has 8 aromatic rings. The van der Waals surface area contributed by atoms with Crippen molar-refractivity contribution in [3.8, 4) is 16.8 Å². The smallest absolute Gasteiger partial charge is 0.0559 e. The van der Waals surface area contributed by atoms with Gasteiger partial charge in [0.15, 0.2) is 0 Å². The molecule has 2 aliphatic carbocycles. The molecule has 0 saturated heterocycles. The molecule has 2 aromatic heterocycles. The van der Waals surface area contributed by atoms with E-state index in [2.05, 4.69) is 190 Å².